The number of hydrogen-bond acceptors (Lipinski definition) is 4. The molecule has 0 bridgehead atoms. The monoisotopic (exact) mass is 540 g/mol. The molecule has 1 aromatic carbocycles. The van der Waals surface area contributed by atoms with Crippen LogP contribution in [0.4, 0.5) is 0 Å². The summed E-state index contributed by atoms with van der Waals surface area (Å²) in [5.74, 6) is -2.03. The number of carboxylic acid groups (broad SMARTS) is 2. The molecule has 0 saturated heterocycles. The maximum absolute atomic E-state index is 10.3. The molecule has 0 amide bonds. The molecular weight excluding hydrogens is 495 g/mol. The fourth-order valence-electron chi connectivity index (χ4n) is 1.93. The third-order valence-electron chi connectivity index (χ3n) is 4.04. The number of unbranched alkanes of at least 4 members (excludes halogenated alkanes) is 7. The van der Waals surface area contributed by atoms with E-state index in [1.54, 1.807) is 24.3 Å². The van der Waals surface area contributed by atoms with Gasteiger partial charge in [0.1, 0.15) is 0 Å². The van der Waals surface area contributed by atoms with Crippen molar-refractivity contribution in [1.29, 1.82) is 0 Å². The van der Waals surface area contributed by atoms with Crippen molar-refractivity contribution in [1.82, 2.24) is 0 Å². The number of aliphatic carboxylic acids is 1. The number of rotatable bonds is 11. The van der Waals surface area contributed by atoms with Crippen molar-refractivity contribution in [3.8, 4) is 0 Å². The quantitative estimate of drug-likeness (QED) is 0.294. The van der Waals surface area contributed by atoms with E-state index in [1.165, 1.54) is 38.5 Å². The van der Waals surface area contributed by atoms with Crippen LogP contribution in [0.2, 0.25) is 0 Å². The second-order valence-corrected chi connectivity index (χ2v) is 6.93. The van der Waals surface area contributed by atoms with E-state index in [4.69, 9.17) is 0 Å². The molecule has 0 heterocycles. The summed E-state index contributed by atoms with van der Waals surface area (Å²) in [5, 5.41) is 20.3. The van der Waals surface area contributed by atoms with Crippen LogP contribution in [0.25, 0.3) is 0 Å². The van der Waals surface area contributed by atoms with E-state index < -0.39 is 11.9 Å². The van der Waals surface area contributed by atoms with Crippen LogP contribution < -0.4 is 10.2 Å². The number of hydrogen-bond donors (Lipinski definition) is 0. The molecule has 0 aliphatic heterocycles. The molecule has 0 aliphatic rings. The van der Waals surface area contributed by atoms with Crippen LogP contribution >= 0.6 is 0 Å². The Labute approximate surface area is 209 Å². The predicted molar refractivity (Wildman–Crippen MR) is 129 cm³/mol. The van der Waals surface area contributed by atoms with Crippen molar-refractivity contribution in [2.45, 2.75) is 105 Å². The normalized spacial score (nSPS) is 8.84. The van der Waals surface area contributed by atoms with Gasteiger partial charge in [-0.3, -0.25) is 0 Å². The van der Waals surface area contributed by atoms with Crippen molar-refractivity contribution in [3.05, 3.63) is 49.2 Å². The number of benzene rings is 1. The molecule has 1 aromatic rings. The molecule has 0 N–H and O–H groups in total. The average molecular weight is 539 g/mol. The Morgan fingerprint density at radius 1 is 0.742 bits per heavy atom. The molecule has 5 heteroatoms. The number of carboxylic acids is 2. The van der Waals surface area contributed by atoms with Crippen LogP contribution in [0.5, 0.6) is 0 Å². The largest absolute Gasteiger partial charge is 2.00 e. The molecule has 0 aliphatic carbocycles. The topological polar surface area (TPSA) is 80.3 Å². The summed E-state index contributed by atoms with van der Waals surface area (Å²) in [6.07, 6.45) is 12.4. The van der Waals surface area contributed by atoms with Crippen LogP contribution in [-0.2, 0) is 11.2 Å². The zero-order valence-electron chi connectivity index (χ0n) is 20.3. The number of aryl methyl sites for hydroxylation is 1. The molecular formula is C26H44O4Sn. The van der Waals surface area contributed by atoms with E-state index in [9.17, 15) is 19.8 Å². The maximum atomic E-state index is 10.3. The second-order valence-electron chi connectivity index (χ2n) is 6.93. The Morgan fingerprint density at radius 3 is 1.48 bits per heavy atom. The first-order chi connectivity index (χ1) is 14.3. The number of aromatic carboxylic acids is 1. The van der Waals surface area contributed by atoms with E-state index in [2.05, 4.69) is 34.6 Å². The van der Waals surface area contributed by atoms with Crippen molar-refractivity contribution in [2.24, 2.45) is 0 Å². The van der Waals surface area contributed by atoms with E-state index in [0.29, 0.717) is 0 Å². The van der Waals surface area contributed by atoms with Gasteiger partial charge in [0.05, 0.1) is 5.97 Å². The van der Waals surface area contributed by atoms with Gasteiger partial charge >= 0.3 is 23.9 Å². The van der Waals surface area contributed by atoms with Crippen molar-refractivity contribution in [2.75, 3.05) is 0 Å². The summed E-state index contributed by atoms with van der Waals surface area (Å²) < 4.78 is 0. The molecule has 0 aromatic heterocycles. The van der Waals surface area contributed by atoms with E-state index in [0.717, 1.165) is 37.7 Å². The Kier molecular flexibility index (Phi) is 37.5. The standard InChI is InChI=1S/C9H10O2.C9H18O2.2C4H9.Sn/c1-2-7-3-5-8(6-4-7)9(10)11;1-2-3-4-5-6-7-8-9(10)11;2*1-3-4-2;/h3-6H,2H2,1H3,(H,10,11);2-8H2,1H3,(H,10,11);2*1,3-4H2,2H3;/q;;;;+2/p-2. The molecule has 0 atom stereocenters. The van der Waals surface area contributed by atoms with Crippen LogP contribution in [0.15, 0.2) is 24.3 Å². The Morgan fingerprint density at radius 2 is 1.16 bits per heavy atom. The van der Waals surface area contributed by atoms with Crippen LogP contribution in [0.1, 0.15) is 114 Å². The predicted octanol–water partition coefficient (Wildman–Crippen LogP) is 4.96. The first-order valence-electron chi connectivity index (χ1n) is 11.4. The molecule has 0 spiro atoms. The van der Waals surface area contributed by atoms with Gasteiger partial charge in [0.2, 0.25) is 0 Å². The smallest absolute Gasteiger partial charge is 0.550 e. The molecule has 4 nitrogen and oxygen atoms in total. The van der Waals surface area contributed by atoms with Crippen LogP contribution in [0.3, 0.4) is 0 Å². The van der Waals surface area contributed by atoms with E-state index in [1.807, 2.05) is 6.92 Å². The van der Waals surface area contributed by atoms with Gasteiger partial charge < -0.3 is 19.8 Å². The van der Waals surface area contributed by atoms with Gasteiger partial charge in [0.25, 0.3) is 0 Å². The fourth-order valence-corrected chi connectivity index (χ4v) is 1.93. The van der Waals surface area contributed by atoms with Crippen molar-refractivity contribution < 1.29 is 19.8 Å². The summed E-state index contributed by atoms with van der Waals surface area (Å²) in [7, 11) is 0. The molecule has 0 unspecified atom stereocenters. The Bertz CT molecular complexity index is 479. The van der Waals surface area contributed by atoms with Gasteiger partial charge in [-0.1, -0.05) is 124 Å². The number of carbonyl (C=O) groups is 2. The van der Waals surface area contributed by atoms with Gasteiger partial charge in [-0.05, 0) is 30.4 Å². The second kappa shape index (κ2) is 31.1. The summed E-state index contributed by atoms with van der Waals surface area (Å²) in [5.41, 5.74) is 1.37. The minimum atomic E-state index is -1.12. The Balaban J connectivity index is -0.000000172. The number of carbonyl (C=O) groups excluding carboxylic acids is 2. The van der Waals surface area contributed by atoms with E-state index >= 15 is 0 Å². The third-order valence-corrected chi connectivity index (χ3v) is 4.04. The minimum Gasteiger partial charge on any atom is -0.550 e. The SMILES string of the molecule is CCCCCCCCC(=O)[O-].CCc1ccc(C(=O)[O-])cc1.[CH2]CCC.[CH2]CCC.[Sn+2]. The van der Waals surface area contributed by atoms with Gasteiger partial charge in [0, 0.05) is 5.97 Å². The summed E-state index contributed by atoms with van der Waals surface area (Å²) in [6.45, 7) is 15.6. The zero-order valence-corrected chi connectivity index (χ0v) is 23.2. The van der Waals surface area contributed by atoms with Crippen LogP contribution in [-0.4, -0.2) is 35.8 Å². The van der Waals surface area contributed by atoms with Gasteiger partial charge in [-0.2, -0.15) is 0 Å². The minimum absolute atomic E-state index is 0. The van der Waals surface area contributed by atoms with Gasteiger partial charge in [0.15, 0.2) is 0 Å². The Hall–Kier alpha value is -1.04. The molecule has 0 saturated carbocycles. The molecule has 31 heavy (non-hydrogen) atoms. The summed E-state index contributed by atoms with van der Waals surface area (Å²) in [4.78, 5) is 20.3. The maximum Gasteiger partial charge on any atom is 2.00 e. The third kappa shape index (κ3) is 33.8. The zero-order chi connectivity index (χ0) is 23.6. The average Bonchev–Trinajstić information content (AvgIpc) is 2.76. The van der Waals surface area contributed by atoms with Gasteiger partial charge in [-0.25, -0.2) is 0 Å². The van der Waals surface area contributed by atoms with Crippen molar-refractivity contribution >= 4 is 35.8 Å². The summed E-state index contributed by atoms with van der Waals surface area (Å²) in [6, 6.07) is 6.72. The first kappa shape index (κ1) is 37.3. The van der Waals surface area contributed by atoms with Gasteiger partial charge in [-0.15, -0.1) is 0 Å². The molecule has 0 fully saturated rings. The van der Waals surface area contributed by atoms with Crippen LogP contribution in [0, 0.1) is 13.8 Å². The summed E-state index contributed by atoms with van der Waals surface area (Å²) >= 11 is 0. The first-order valence-corrected chi connectivity index (χ1v) is 11.4. The van der Waals surface area contributed by atoms with E-state index in [-0.39, 0.29) is 35.9 Å². The fraction of sp³-hybridized carbons (Fsp3) is 0.615. The van der Waals surface area contributed by atoms with Crippen molar-refractivity contribution in [3.63, 3.8) is 0 Å². The molecule has 176 valence electrons. The molecule has 4 radical (unpaired) electrons. The molecule has 1 rings (SSSR count).